The first-order valence-corrected chi connectivity index (χ1v) is 10.6. The van der Waals surface area contributed by atoms with Gasteiger partial charge >= 0.3 is 0 Å². The number of hydrogen-bond acceptors (Lipinski definition) is 6. The van der Waals surface area contributed by atoms with Gasteiger partial charge < -0.3 is 4.74 Å². The second-order valence-corrected chi connectivity index (χ2v) is 8.19. The Balaban J connectivity index is 1.56. The fourth-order valence-corrected chi connectivity index (χ4v) is 4.13. The molecule has 1 atom stereocenters. The van der Waals surface area contributed by atoms with Crippen molar-refractivity contribution in [1.82, 2.24) is 10.2 Å². The summed E-state index contributed by atoms with van der Waals surface area (Å²) in [5.74, 6) is 1.02. The minimum Gasteiger partial charge on any atom is -0.479 e. The van der Waals surface area contributed by atoms with E-state index in [1.54, 1.807) is 23.9 Å². The molecule has 5 nitrogen and oxygen atoms in total. The van der Waals surface area contributed by atoms with Crippen LogP contribution in [0.15, 0.2) is 58.9 Å². The van der Waals surface area contributed by atoms with Crippen LogP contribution in [0.4, 0.5) is 5.13 Å². The fourth-order valence-electron chi connectivity index (χ4n) is 2.24. The van der Waals surface area contributed by atoms with Crippen LogP contribution in [-0.4, -0.2) is 22.2 Å². The molecule has 0 saturated heterocycles. The molecule has 0 aliphatic heterocycles. The zero-order chi connectivity index (χ0) is 19.1. The van der Waals surface area contributed by atoms with Gasteiger partial charge in [0.2, 0.25) is 5.13 Å². The molecule has 1 unspecified atom stereocenters. The second kappa shape index (κ2) is 9.73. The van der Waals surface area contributed by atoms with Crippen LogP contribution >= 0.6 is 34.7 Å². The molecule has 3 rings (SSSR count). The largest absolute Gasteiger partial charge is 0.479 e. The second-order valence-electron chi connectivity index (χ2n) is 5.58. The molecule has 3 aromatic rings. The summed E-state index contributed by atoms with van der Waals surface area (Å²) in [5.41, 5.74) is 1.21. The zero-order valence-corrected chi connectivity index (χ0v) is 17.0. The first-order chi connectivity index (χ1) is 13.2. The molecule has 0 fully saturated rings. The van der Waals surface area contributed by atoms with Gasteiger partial charge in [0.15, 0.2) is 10.4 Å². The van der Waals surface area contributed by atoms with Crippen LogP contribution in [0.2, 0.25) is 5.02 Å². The Bertz CT molecular complexity index is 889. The van der Waals surface area contributed by atoms with Gasteiger partial charge in [0.25, 0.3) is 5.91 Å². The normalized spacial score (nSPS) is 11.8. The number of benzene rings is 2. The van der Waals surface area contributed by atoms with E-state index in [-0.39, 0.29) is 5.91 Å². The van der Waals surface area contributed by atoms with Gasteiger partial charge in [-0.3, -0.25) is 10.1 Å². The minimum absolute atomic E-state index is 0.270. The van der Waals surface area contributed by atoms with E-state index in [0.717, 1.165) is 10.1 Å². The van der Waals surface area contributed by atoms with E-state index >= 15 is 0 Å². The summed E-state index contributed by atoms with van der Waals surface area (Å²) < 4.78 is 6.55. The number of ether oxygens (including phenoxy) is 1. The van der Waals surface area contributed by atoms with Crippen molar-refractivity contribution < 1.29 is 9.53 Å². The third kappa shape index (κ3) is 5.69. The molecule has 8 heteroatoms. The van der Waals surface area contributed by atoms with Crippen molar-refractivity contribution in [3.63, 3.8) is 0 Å². The van der Waals surface area contributed by atoms with Crippen LogP contribution in [-0.2, 0) is 10.5 Å². The lowest BCUT2D eigenvalue weighted by Gasteiger charge is -2.17. The summed E-state index contributed by atoms with van der Waals surface area (Å²) in [6, 6.07) is 17.2. The molecule has 0 aliphatic rings. The van der Waals surface area contributed by atoms with E-state index in [1.807, 2.05) is 37.3 Å². The maximum absolute atomic E-state index is 12.5. The molecule has 1 heterocycles. The molecule has 0 saturated carbocycles. The van der Waals surface area contributed by atoms with Gasteiger partial charge in [-0.15, -0.1) is 10.2 Å². The molecule has 27 heavy (non-hydrogen) atoms. The highest BCUT2D eigenvalue weighted by Crippen LogP contribution is 2.29. The fraction of sp³-hybridized carbons (Fsp3) is 0.211. The number of halogens is 1. The Hall–Kier alpha value is -2.09. The summed E-state index contributed by atoms with van der Waals surface area (Å²) in [6.07, 6.45) is -0.153. The van der Waals surface area contributed by atoms with Gasteiger partial charge in [-0.2, -0.15) is 0 Å². The molecule has 1 N–H and O–H groups in total. The number of rotatable bonds is 8. The Morgan fingerprint density at radius 3 is 2.67 bits per heavy atom. The number of thioether (sulfide) groups is 1. The molecular formula is C19H18ClN3O2S2. The van der Waals surface area contributed by atoms with E-state index in [4.69, 9.17) is 16.3 Å². The number of aromatic nitrogens is 2. The summed E-state index contributed by atoms with van der Waals surface area (Å²) >= 11 is 9.03. The van der Waals surface area contributed by atoms with Crippen molar-refractivity contribution in [1.29, 1.82) is 0 Å². The van der Waals surface area contributed by atoms with E-state index in [9.17, 15) is 4.79 Å². The minimum atomic E-state index is -0.658. The van der Waals surface area contributed by atoms with E-state index in [2.05, 4.69) is 27.6 Å². The van der Waals surface area contributed by atoms with Crippen molar-refractivity contribution in [3.8, 4) is 5.75 Å². The van der Waals surface area contributed by atoms with Gasteiger partial charge in [0, 0.05) is 5.75 Å². The van der Waals surface area contributed by atoms with E-state index in [1.165, 1.54) is 16.9 Å². The number of amides is 1. The van der Waals surface area contributed by atoms with Gasteiger partial charge in [-0.1, -0.05) is 84.1 Å². The molecule has 0 spiro atoms. The predicted octanol–water partition coefficient (Wildman–Crippen LogP) is 5.28. The highest BCUT2D eigenvalue weighted by molar-refractivity contribution is 8.00. The lowest BCUT2D eigenvalue weighted by Crippen LogP contribution is -2.32. The van der Waals surface area contributed by atoms with E-state index in [0.29, 0.717) is 22.3 Å². The van der Waals surface area contributed by atoms with E-state index < -0.39 is 6.10 Å². The summed E-state index contributed by atoms with van der Waals surface area (Å²) in [7, 11) is 0. The first-order valence-electron chi connectivity index (χ1n) is 8.38. The molecule has 0 bridgehead atoms. The quantitative estimate of drug-likeness (QED) is 0.397. The van der Waals surface area contributed by atoms with Crippen LogP contribution in [0.3, 0.4) is 0 Å². The molecule has 2 aromatic carbocycles. The number of carbonyl (C=O) groups excluding carboxylic acids is 1. The molecule has 140 valence electrons. The molecule has 0 aliphatic carbocycles. The average molecular weight is 420 g/mol. The van der Waals surface area contributed by atoms with Crippen LogP contribution in [0.1, 0.15) is 18.9 Å². The van der Waals surface area contributed by atoms with Gasteiger partial charge in [-0.05, 0) is 24.1 Å². The summed E-state index contributed by atoms with van der Waals surface area (Å²) in [4.78, 5) is 12.5. The van der Waals surface area contributed by atoms with Crippen LogP contribution in [0.25, 0.3) is 0 Å². The SMILES string of the molecule is CCC(Oc1ccccc1Cl)C(=O)Nc1nnc(SCc2ccccc2)s1. The molecule has 0 radical (unpaired) electrons. The number of hydrogen-bond donors (Lipinski definition) is 1. The van der Waals surface area contributed by atoms with Crippen molar-refractivity contribution in [2.24, 2.45) is 0 Å². The van der Waals surface area contributed by atoms with Crippen molar-refractivity contribution in [2.75, 3.05) is 5.32 Å². The smallest absolute Gasteiger partial charge is 0.267 e. The summed E-state index contributed by atoms with van der Waals surface area (Å²) in [6.45, 7) is 1.88. The Labute approximate surface area is 171 Å². The summed E-state index contributed by atoms with van der Waals surface area (Å²) in [5, 5.41) is 11.9. The number of nitrogens with one attached hydrogen (secondary N) is 1. The molecular weight excluding hydrogens is 402 g/mol. The van der Waals surface area contributed by atoms with Crippen molar-refractivity contribution >= 4 is 45.7 Å². The number of anilines is 1. The first kappa shape index (κ1) is 19.7. The van der Waals surface area contributed by atoms with Crippen molar-refractivity contribution in [2.45, 2.75) is 29.5 Å². The number of para-hydroxylation sites is 1. The predicted molar refractivity (Wildman–Crippen MR) is 111 cm³/mol. The highest BCUT2D eigenvalue weighted by atomic mass is 35.5. The Morgan fingerprint density at radius 1 is 1.19 bits per heavy atom. The monoisotopic (exact) mass is 419 g/mol. The van der Waals surface area contributed by atoms with Crippen LogP contribution in [0, 0.1) is 0 Å². The van der Waals surface area contributed by atoms with Gasteiger partial charge in [0.1, 0.15) is 5.75 Å². The Morgan fingerprint density at radius 2 is 1.93 bits per heavy atom. The molecule has 1 aromatic heterocycles. The van der Waals surface area contributed by atoms with Crippen molar-refractivity contribution in [3.05, 3.63) is 65.2 Å². The van der Waals surface area contributed by atoms with Gasteiger partial charge in [0.05, 0.1) is 5.02 Å². The van der Waals surface area contributed by atoms with Crippen LogP contribution < -0.4 is 10.1 Å². The highest BCUT2D eigenvalue weighted by Gasteiger charge is 2.21. The third-order valence-corrected chi connectivity index (χ3v) is 5.97. The lowest BCUT2D eigenvalue weighted by atomic mass is 10.2. The topological polar surface area (TPSA) is 64.1 Å². The standard InChI is InChI=1S/C19H18ClN3O2S2/c1-2-15(25-16-11-7-6-10-14(16)20)17(24)21-18-22-23-19(27-18)26-12-13-8-4-3-5-9-13/h3-11,15H,2,12H2,1H3,(H,21,22,24). The Kier molecular flexibility index (Phi) is 7.09. The lowest BCUT2D eigenvalue weighted by molar-refractivity contribution is -0.122. The average Bonchev–Trinajstić information content (AvgIpc) is 3.14. The maximum Gasteiger partial charge on any atom is 0.267 e. The third-order valence-electron chi connectivity index (χ3n) is 3.61. The van der Waals surface area contributed by atoms with Gasteiger partial charge in [-0.25, -0.2) is 0 Å². The maximum atomic E-state index is 12.5. The van der Waals surface area contributed by atoms with Crippen LogP contribution in [0.5, 0.6) is 5.75 Å². The number of nitrogens with zero attached hydrogens (tertiary/aromatic N) is 2. The number of carbonyl (C=O) groups is 1. The zero-order valence-electron chi connectivity index (χ0n) is 14.6. The molecule has 1 amide bonds.